The zero-order valence-electron chi connectivity index (χ0n) is 14.1. The third-order valence-electron chi connectivity index (χ3n) is 5.34. The van der Waals surface area contributed by atoms with Gasteiger partial charge < -0.3 is 9.84 Å². The Kier molecular flexibility index (Phi) is 2.95. The van der Waals surface area contributed by atoms with Crippen molar-refractivity contribution in [1.82, 2.24) is 0 Å². The second-order valence-electron chi connectivity index (χ2n) is 6.85. The summed E-state index contributed by atoms with van der Waals surface area (Å²) in [4.78, 5) is 2.90. The molecule has 0 radical (unpaired) electrons. The molecule has 5 heteroatoms. The molecule has 2 atom stereocenters. The third kappa shape index (κ3) is 1.96. The lowest BCUT2D eigenvalue weighted by Gasteiger charge is -2.44. The Labute approximate surface area is 150 Å². The molecule has 2 aliphatic rings. The Balaban J connectivity index is 1.77. The van der Waals surface area contributed by atoms with Crippen molar-refractivity contribution in [3.63, 3.8) is 0 Å². The Bertz CT molecular complexity index is 969. The van der Waals surface area contributed by atoms with Crippen LogP contribution in [0, 0.1) is 0 Å². The van der Waals surface area contributed by atoms with Crippen LogP contribution in [0.1, 0.15) is 24.9 Å². The van der Waals surface area contributed by atoms with Crippen molar-refractivity contribution < 1.29 is 14.4 Å². The van der Waals surface area contributed by atoms with Crippen LogP contribution in [0.5, 0.6) is 11.6 Å². The maximum absolute atomic E-state index is 13.3. The average molecular weight is 350 g/mol. The molecule has 2 unspecified atom stereocenters. The van der Waals surface area contributed by atoms with Gasteiger partial charge in [0.1, 0.15) is 11.8 Å². The van der Waals surface area contributed by atoms with Crippen molar-refractivity contribution in [1.29, 1.82) is 0 Å². The van der Waals surface area contributed by atoms with Crippen LogP contribution >= 0.6 is 11.3 Å². The number of hydrogen-bond donors (Lipinski definition) is 0. The highest BCUT2D eigenvalue weighted by Crippen LogP contribution is 2.49. The number of hydrogen-bond acceptors (Lipinski definition) is 4. The number of aromatic nitrogens is 1. The number of nitrogens with zero attached hydrogens (tertiary/aromatic N) is 2. The molecule has 126 valence electrons. The van der Waals surface area contributed by atoms with Gasteiger partial charge in [-0.1, -0.05) is 48.5 Å². The Morgan fingerprint density at radius 3 is 2.68 bits per heavy atom. The summed E-state index contributed by atoms with van der Waals surface area (Å²) in [5.41, 5.74) is 1.63. The van der Waals surface area contributed by atoms with E-state index in [1.54, 1.807) is 11.3 Å². The summed E-state index contributed by atoms with van der Waals surface area (Å²) in [6.45, 7) is 2.10. The highest BCUT2D eigenvalue weighted by Gasteiger charge is 2.54. The van der Waals surface area contributed by atoms with Crippen LogP contribution in [0.3, 0.4) is 0 Å². The SMILES string of the molecule is CN1c2sc(-c3ccccc3)c([O-])[n+]2C2CC1(C)Oc1ccccc12. The predicted molar refractivity (Wildman–Crippen MR) is 96.0 cm³/mol. The van der Waals surface area contributed by atoms with Crippen molar-refractivity contribution in [2.45, 2.75) is 25.1 Å². The number of benzene rings is 2. The maximum atomic E-state index is 13.3. The summed E-state index contributed by atoms with van der Waals surface area (Å²) in [5.74, 6) is 0.958. The largest absolute Gasteiger partial charge is 0.841 e. The molecule has 0 aliphatic carbocycles. The molecule has 3 aromatic rings. The van der Waals surface area contributed by atoms with E-state index in [9.17, 15) is 5.11 Å². The molecular weight excluding hydrogens is 332 g/mol. The molecule has 0 saturated carbocycles. The molecular formula is C20H18N2O2S. The lowest BCUT2D eigenvalue weighted by atomic mass is 9.91. The lowest BCUT2D eigenvalue weighted by Crippen LogP contribution is -2.64. The van der Waals surface area contributed by atoms with Crippen LogP contribution in [0.15, 0.2) is 54.6 Å². The minimum absolute atomic E-state index is 0.0161. The molecule has 5 rings (SSSR count). The Morgan fingerprint density at radius 2 is 1.88 bits per heavy atom. The van der Waals surface area contributed by atoms with E-state index in [1.807, 2.05) is 60.1 Å². The van der Waals surface area contributed by atoms with E-state index in [4.69, 9.17) is 4.74 Å². The molecule has 0 fully saturated rings. The number of fused-ring (bicyclic) bond motifs is 6. The van der Waals surface area contributed by atoms with Gasteiger partial charge in [0.2, 0.25) is 5.72 Å². The van der Waals surface area contributed by atoms with E-state index in [-0.39, 0.29) is 11.9 Å². The number of ether oxygens (including phenoxy) is 1. The highest BCUT2D eigenvalue weighted by molar-refractivity contribution is 7.18. The highest BCUT2D eigenvalue weighted by atomic mass is 32.1. The zero-order valence-corrected chi connectivity index (χ0v) is 14.9. The fourth-order valence-corrected chi connectivity index (χ4v) is 5.15. The van der Waals surface area contributed by atoms with Gasteiger partial charge in [0.25, 0.3) is 0 Å². The first-order chi connectivity index (χ1) is 12.1. The van der Waals surface area contributed by atoms with Crippen molar-refractivity contribution in [2.24, 2.45) is 0 Å². The standard InChI is InChI=1S/C20H18N2O2S/c1-20-12-15(14-10-6-7-11-16(14)24-20)22-18(23)17(25-19(22)21(20)2)13-8-4-3-5-9-13/h3-11,15H,12H2,1-2H3. The fourth-order valence-electron chi connectivity index (χ4n) is 3.89. The van der Waals surface area contributed by atoms with Crippen LogP contribution in [-0.2, 0) is 0 Å². The van der Waals surface area contributed by atoms with Gasteiger partial charge in [0, 0.05) is 12.5 Å². The molecule has 1 aromatic heterocycles. The summed E-state index contributed by atoms with van der Waals surface area (Å²) in [6.07, 6.45) is 0.762. The van der Waals surface area contributed by atoms with Crippen LogP contribution in [-0.4, -0.2) is 12.8 Å². The molecule has 4 nitrogen and oxygen atoms in total. The van der Waals surface area contributed by atoms with E-state index in [0.29, 0.717) is 0 Å². The van der Waals surface area contributed by atoms with E-state index in [2.05, 4.69) is 17.9 Å². The lowest BCUT2D eigenvalue weighted by molar-refractivity contribution is -0.742. The van der Waals surface area contributed by atoms with E-state index < -0.39 is 5.72 Å². The van der Waals surface area contributed by atoms with Gasteiger partial charge in [-0.15, -0.1) is 0 Å². The smallest absolute Gasteiger partial charge is 0.339 e. The van der Waals surface area contributed by atoms with Crippen LogP contribution in [0.4, 0.5) is 5.13 Å². The quantitative estimate of drug-likeness (QED) is 0.632. The van der Waals surface area contributed by atoms with Gasteiger partial charge in [0.15, 0.2) is 0 Å². The molecule has 0 N–H and O–H groups in total. The normalized spacial score (nSPS) is 23.6. The Hall–Kier alpha value is -2.53. The summed E-state index contributed by atoms with van der Waals surface area (Å²) in [5, 5.41) is 14.2. The molecule has 0 amide bonds. The molecule has 25 heavy (non-hydrogen) atoms. The zero-order chi connectivity index (χ0) is 17.2. The minimum atomic E-state index is -0.440. The van der Waals surface area contributed by atoms with Gasteiger partial charge in [0.05, 0.1) is 24.2 Å². The number of thiazole rings is 1. The van der Waals surface area contributed by atoms with Gasteiger partial charge in [-0.3, -0.25) is 0 Å². The van der Waals surface area contributed by atoms with Gasteiger partial charge in [-0.25, -0.2) is 9.47 Å². The van der Waals surface area contributed by atoms with Crippen LogP contribution in [0.25, 0.3) is 10.4 Å². The summed E-state index contributed by atoms with van der Waals surface area (Å²) < 4.78 is 8.29. The average Bonchev–Trinajstić information content (AvgIpc) is 2.98. The van der Waals surface area contributed by atoms with E-state index >= 15 is 0 Å². The fraction of sp³-hybridized carbons (Fsp3) is 0.250. The monoisotopic (exact) mass is 350 g/mol. The number of para-hydroxylation sites is 1. The van der Waals surface area contributed by atoms with Gasteiger partial charge >= 0.3 is 5.13 Å². The van der Waals surface area contributed by atoms with Crippen LogP contribution < -0.4 is 19.3 Å². The minimum Gasteiger partial charge on any atom is -0.841 e. The summed E-state index contributed by atoms with van der Waals surface area (Å²) in [6, 6.07) is 18.0. The van der Waals surface area contributed by atoms with Gasteiger partial charge in [-0.05, 0) is 23.0 Å². The third-order valence-corrected chi connectivity index (χ3v) is 6.60. The van der Waals surface area contributed by atoms with Crippen molar-refractivity contribution in [3.8, 4) is 22.1 Å². The van der Waals surface area contributed by atoms with Gasteiger partial charge in [-0.2, -0.15) is 0 Å². The number of anilines is 1. The second kappa shape index (κ2) is 4.99. The molecule has 0 spiro atoms. The first-order valence-electron chi connectivity index (χ1n) is 8.41. The molecule has 2 bridgehead atoms. The van der Waals surface area contributed by atoms with Crippen LogP contribution in [0.2, 0.25) is 0 Å². The van der Waals surface area contributed by atoms with E-state index in [0.717, 1.165) is 33.3 Å². The second-order valence-corrected chi connectivity index (χ2v) is 7.83. The van der Waals surface area contributed by atoms with E-state index in [1.165, 1.54) is 0 Å². The first kappa shape index (κ1) is 14.8. The van der Waals surface area contributed by atoms with Crippen molar-refractivity contribution >= 4 is 16.5 Å². The molecule has 3 heterocycles. The van der Waals surface area contributed by atoms with Crippen molar-refractivity contribution in [3.05, 3.63) is 60.2 Å². The molecule has 2 aromatic carbocycles. The summed E-state index contributed by atoms with van der Waals surface area (Å²) in [7, 11) is 2.01. The topological polar surface area (TPSA) is 39.4 Å². The van der Waals surface area contributed by atoms with Crippen molar-refractivity contribution in [2.75, 3.05) is 11.9 Å². The predicted octanol–water partition coefficient (Wildman–Crippen LogP) is 3.31. The number of rotatable bonds is 1. The summed E-state index contributed by atoms with van der Waals surface area (Å²) >= 11 is 1.55. The molecule has 0 saturated heterocycles. The first-order valence-corrected chi connectivity index (χ1v) is 9.23. The molecule has 2 aliphatic heterocycles. The Morgan fingerprint density at radius 1 is 1.16 bits per heavy atom. The maximum Gasteiger partial charge on any atom is 0.339 e.